The Balaban J connectivity index is 2.09. The number of azo groups is 1. The first kappa shape index (κ1) is 14.0. The van der Waals surface area contributed by atoms with Crippen LogP contribution in [-0.4, -0.2) is 13.0 Å². The van der Waals surface area contributed by atoms with Crippen LogP contribution in [0.25, 0.3) is 0 Å². The van der Waals surface area contributed by atoms with E-state index < -0.39 is 10.3 Å². The van der Waals surface area contributed by atoms with Crippen LogP contribution in [0, 0.1) is 0 Å². The predicted molar refractivity (Wildman–Crippen MR) is 73.1 cm³/mol. The molecule has 0 amide bonds. The molecule has 0 radical (unpaired) electrons. The third-order valence-corrected chi connectivity index (χ3v) is 2.43. The quantitative estimate of drug-likeness (QED) is 0.679. The van der Waals surface area contributed by atoms with Gasteiger partial charge in [-0.3, -0.25) is 4.55 Å². The smallest absolute Gasteiger partial charge is 0.267 e. The summed E-state index contributed by atoms with van der Waals surface area (Å²) in [6.45, 7) is 0. The highest BCUT2D eigenvalue weighted by atomic mass is 32.2. The van der Waals surface area contributed by atoms with Crippen molar-refractivity contribution in [1.29, 1.82) is 0 Å². The Hall–Kier alpha value is -2.45. The van der Waals surface area contributed by atoms with Crippen LogP contribution in [0.1, 0.15) is 0 Å². The van der Waals surface area contributed by atoms with Crippen molar-refractivity contribution in [3.63, 3.8) is 0 Å². The average molecular weight is 290 g/mol. The first-order chi connectivity index (χ1) is 9.53. The van der Waals surface area contributed by atoms with Crippen molar-refractivity contribution in [3.05, 3.63) is 54.6 Å². The van der Waals surface area contributed by atoms with Crippen molar-refractivity contribution >= 4 is 27.4 Å². The Kier molecular flexibility index (Phi) is 4.28. The lowest BCUT2D eigenvalue weighted by atomic mass is 10.3. The lowest BCUT2D eigenvalue weighted by Crippen LogP contribution is -1.87. The molecule has 0 saturated heterocycles. The zero-order valence-corrected chi connectivity index (χ0v) is 11.0. The molecule has 1 N–H and O–H groups in total. The minimum atomic E-state index is -4.46. The highest BCUT2D eigenvalue weighted by Crippen LogP contribution is 2.21. The van der Waals surface area contributed by atoms with Gasteiger partial charge in [0.2, 0.25) is 0 Å². The Bertz CT molecular complexity index is 725. The summed E-state index contributed by atoms with van der Waals surface area (Å²) in [5.74, 6) is 0. The van der Waals surface area contributed by atoms with E-state index in [1.807, 2.05) is 30.3 Å². The third kappa shape index (κ3) is 4.67. The second kappa shape index (κ2) is 6.13. The molecule has 2 aromatic rings. The van der Waals surface area contributed by atoms with Gasteiger partial charge < -0.3 is 0 Å². The maximum absolute atomic E-state index is 10.4. The van der Waals surface area contributed by atoms with Gasteiger partial charge in [-0.1, -0.05) is 18.2 Å². The maximum atomic E-state index is 10.4. The van der Waals surface area contributed by atoms with Crippen LogP contribution < -0.4 is 0 Å². The molecule has 0 spiro atoms. The average Bonchev–Trinajstić information content (AvgIpc) is 2.44. The molecule has 0 unspecified atom stereocenters. The molecule has 0 atom stereocenters. The molecule has 20 heavy (non-hydrogen) atoms. The molecule has 2 aromatic carbocycles. The summed E-state index contributed by atoms with van der Waals surface area (Å²) in [4.78, 5) is 0. The van der Waals surface area contributed by atoms with Crippen LogP contribution in [0.15, 0.2) is 74.5 Å². The van der Waals surface area contributed by atoms with Crippen molar-refractivity contribution in [2.45, 2.75) is 0 Å². The molecule has 0 aliphatic carbocycles. The Morgan fingerprint density at radius 2 is 1.15 bits per heavy atom. The summed E-state index contributed by atoms with van der Waals surface area (Å²) in [7, 11) is -4.46. The number of benzene rings is 2. The molecular formula is C12H10N4O3S. The lowest BCUT2D eigenvalue weighted by molar-refractivity contribution is 0.482. The van der Waals surface area contributed by atoms with Crippen LogP contribution in [0.3, 0.4) is 0 Å². The molecule has 102 valence electrons. The zero-order valence-electron chi connectivity index (χ0n) is 10.2. The van der Waals surface area contributed by atoms with Crippen LogP contribution in [0.5, 0.6) is 0 Å². The van der Waals surface area contributed by atoms with Gasteiger partial charge in [-0.15, -0.1) is 5.11 Å². The predicted octanol–water partition coefficient (Wildman–Crippen LogP) is 3.99. The largest absolute Gasteiger partial charge is 0.396 e. The zero-order chi connectivity index (χ0) is 14.4. The van der Waals surface area contributed by atoms with E-state index in [0.717, 1.165) is 5.69 Å². The minimum Gasteiger partial charge on any atom is -0.267 e. The normalized spacial score (nSPS) is 12.2. The van der Waals surface area contributed by atoms with Gasteiger partial charge in [-0.2, -0.15) is 18.6 Å². The number of nitrogens with zero attached hydrogens (tertiary/aromatic N) is 4. The summed E-state index contributed by atoms with van der Waals surface area (Å²) in [5.41, 5.74) is 1.59. The van der Waals surface area contributed by atoms with E-state index in [1.54, 1.807) is 12.1 Å². The van der Waals surface area contributed by atoms with Gasteiger partial charge in [0.15, 0.2) is 0 Å². The highest BCUT2D eigenvalue weighted by Gasteiger charge is 1.98. The highest BCUT2D eigenvalue weighted by molar-refractivity contribution is 7.84. The molecule has 0 heterocycles. The van der Waals surface area contributed by atoms with Crippen LogP contribution in [0.2, 0.25) is 0 Å². The first-order valence-electron chi connectivity index (χ1n) is 5.50. The van der Waals surface area contributed by atoms with E-state index in [-0.39, 0.29) is 5.69 Å². The van der Waals surface area contributed by atoms with E-state index >= 15 is 0 Å². The molecule has 0 aliphatic rings. The fraction of sp³-hybridized carbons (Fsp3) is 0. The van der Waals surface area contributed by atoms with E-state index in [4.69, 9.17) is 4.55 Å². The van der Waals surface area contributed by atoms with Crippen molar-refractivity contribution in [1.82, 2.24) is 0 Å². The standard InChI is InChI=1S/C12H10N4O3S/c17-20(18,19)16-15-12-8-6-11(7-9-12)14-13-10-4-2-1-3-5-10/h1-9H,(H,17,18,19). The topological polar surface area (TPSA) is 104 Å². The summed E-state index contributed by atoms with van der Waals surface area (Å²) < 4.78 is 32.0. The van der Waals surface area contributed by atoms with Crippen molar-refractivity contribution < 1.29 is 13.0 Å². The van der Waals surface area contributed by atoms with E-state index in [9.17, 15) is 8.42 Å². The molecule has 0 fully saturated rings. The molecule has 0 bridgehead atoms. The molecule has 8 heteroatoms. The number of rotatable bonds is 4. The van der Waals surface area contributed by atoms with Crippen LogP contribution in [0.4, 0.5) is 17.1 Å². The third-order valence-electron chi connectivity index (χ3n) is 2.15. The second-order valence-electron chi connectivity index (χ2n) is 3.68. The molecular weight excluding hydrogens is 280 g/mol. The van der Waals surface area contributed by atoms with Crippen molar-refractivity contribution in [2.24, 2.45) is 19.9 Å². The van der Waals surface area contributed by atoms with Gasteiger partial charge in [0.1, 0.15) is 0 Å². The maximum Gasteiger partial charge on any atom is 0.396 e. The summed E-state index contributed by atoms with van der Waals surface area (Å²) >= 11 is 0. The van der Waals surface area contributed by atoms with Gasteiger partial charge in [0.05, 0.1) is 17.1 Å². The number of hydrogen-bond donors (Lipinski definition) is 1. The summed E-state index contributed by atoms with van der Waals surface area (Å²) in [6, 6.07) is 15.4. The van der Waals surface area contributed by atoms with Gasteiger partial charge in [0.25, 0.3) is 0 Å². The van der Waals surface area contributed by atoms with Gasteiger partial charge in [0, 0.05) is 0 Å². The van der Waals surface area contributed by atoms with Gasteiger partial charge in [-0.25, -0.2) is 0 Å². The van der Waals surface area contributed by atoms with Crippen molar-refractivity contribution in [3.8, 4) is 0 Å². The fourth-order valence-electron chi connectivity index (χ4n) is 1.29. The molecule has 7 nitrogen and oxygen atoms in total. The SMILES string of the molecule is O=S(=O)(O)N=Nc1ccc(N=Nc2ccccc2)cc1. The van der Waals surface area contributed by atoms with E-state index in [1.165, 1.54) is 12.1 Å². The summed E-state index contributed by atoms with van der Waals surface area (Å²) in [5, 5.41) is 11.4. The molecule has 2 rings (SSSR count). The Morgan fingerprint density at radius 3 is 1.65 bits per heavy atom. The monoisotopic (exact) mass is 290 g/mol. The van der Waals surface area contributed by atoms with Gasteiger partial charge in [-0.05, 0) is 40.9 Å². The first-order valence-corrected chi connectivity index (χ1v) is 6.90. The van der Waals surface area contributed by atoms with Crippen LogP contribution >= 0.6 is 0 Å². The van der Waals surface area contributed by atoms with Gasteiger partial charge >= 0.3 is 10.3 Å². The lowest BCUT2D eigenvalue weighted by Gasteiger charge is -1.94. The van der Waals surface area contributed by atoms with E-state index in [0.29, 0.717) is 5.69 Å². The fourth-order valence-corrected chi connectivity index (χ4v) is 1.49. The number of hydrogen-bond acceptors (Lipinski definition) is 5. The van der Waals surface area contributed by atoms with E-state index in [2.05, 4.69) is 19.9 Å². The molecule has 0 saturated carbocycles. The minimum absolute atomic E-state index is 0.279. The Labute approximate surface area is 115 Å². The second-order valence-corrected chi connectivity index (χ2v) is 4.74. The summed E-state index contributed by atoms with van der Waals surface area (Å²) in [6.07, 6.45) is 0. The van der Waals surface area contributed by atoms with Crippen molar-refractivity contribution in [2.75, 3.05) is 0 Å². The van der Waals surface area contributed by atoms with Crippen LogP contribution in [-0.2, 0) is 10.3 Å². The Morgan fingerprint density at radius 1 is 0.700 bits per heavy atom. The molecule has 0 aliphatic heterocycles. The molecule has 0 aromatic heterocycles.